The Morgan fingerprint density at radius 1 is 1.05 bits per heavy atom. The molecule has 13 heteroatoms. The van der Waals surface area contributed by atoms with Gasteiger partial charge >= 0.3 is 11.9 Å². The lowest BCUT2D eigenvalue weighted by molar-refractivity contribution is -0.115. The standard InChI is InChI=1S/C24H27N3O7S3/c1-6-33-22(30)19-13(3)20(23(31)34-7-2)37-21(19)25-17(28)11-35-12-18(29)26-24-27(4)15-9-8-14(32-5)10-16(15)36-24/h8-10H,6-7,11-12H2,1-5H3,(H,25,28). The number of aryl methyl sites for hydroxylation is 1. The molecule has 0 unspecified atom stereocenters. The zero-order valence-electron chi connectivity index (χ0n) is 21.0. The summed E-state index contributed by atoms with van der Waals surface area (Å²) in [5.41, 5.74) is 1.43. The Morgan fingerprint density at radius 3 is 2.43 bits per heavy atom. The van der Waals surface area contributed by atoms with Crippen molar-refractivity contribution >= 4 is 73.4 Å². The predicted octanol–water partition coefficient (Wildman–Crippen LogP) is 3.77. The van der Waals surface area contributed by atoms with Crippen molar-refractivity contribution < 1.29 is 33.4 Å². The summed E-state index contributed by atoms with van der Waals surface area (Å²) in [5, 5.41) is 2.87. The summed E-state index contributed by atoms with van der Waals surface area (Å²) in [6.07, 6.45) is 0. The normalized spacial score (nSPS) is 11.4. The monoisotopic (exact) mass is 565 g/mol. The van der Waals surface area contributed by atoms with Gasteiger partial charge in [-0.2, -0.15) is 4.99 Å². The van der Waals surface area contributed by atoms with E-state index in [1.54, 1.807) is 27.9 Å². The second kappa shape index (κ2) is 12.9. The highest BCUT2D eigenvalue weighted by Gasteiger charge is 2.27. The lowest BCUT2D eigenvalue weighted by atomic mass is 10.1. The van der Waals surface area contributed by atoms with E-state index in [9.17, 15) is 19.2 Å². The van der Waals surface area contributed by atoms with Crippen LogP contribution in [0.25, 0.3) is 10.2 Å². The molecule has 2 aromatic heterocycles. The first kappa shape index (κ1) is 28.4. The average Bonchev–Trinajstić information content (AvgIpc) is 3.34. The van der Waals surface area contributed by atoms with Crippen molar-refractivity contribution in [3.8, 4) is 5.75 Å². The fourth-order valence-corrected chi connectivity index (χ4v) is 6.09. The first-order chi connectivity index (χ1) is 17.7. The number of hydrogen-bond acceptors (Lipinski definition) is 10. The predicted molar refractivity (Wildman–Crippen MR) is 145 cm³/mol. The number of thiophene rings is 1. The van der Waals surface area contributed by atoms with Crippen molar-refractivity contribution in [3.63, 3.8) is 0 Å². The van der Waals surface area contributed by atoms with Crippen LogP contribution in [-0.4, -0.2) is 60.1 Å². The maximum absolute atomic E-state index is 12.6. The van der Waals surface area contributed by atoms with Gasteiger partial charge in [-0.25, -0.2) is 9.59 Å². The quantitative estimate of drug-likeness (QED) is 0.368. The van der Waals surface area contributed by atoms with Gasteiger partial charge < -0.3 is 24.1 Å². The van der Waals surface area contributed by atoms with E-state index in [1.165, 1.54) is 11.3 Å². The van der Waals surface area contributed by atoms with Crippen LogP contribution in [0.1, 0.15) is 39.4 Å². The van der Waals surface area contributed by atoms with E-state index in [2.05, 4.69) is 10.3 Å². The molecule has 1 N–H and O–H groups in total. The third-order valence-electron chi connectivity index (χ3n) is 5.04. The molecule has 0 aliphatic rings. The zero-order valence-corrected chi connectivity index (χ0v) is 23.5. The summed E-state index contributed by atoms with van der Waals surface area (Å²) < 4.78 is 18.1. The van der Waals surface area contributed by atoms with Gasteiger partial charge in [-0.05, 0) is 44.5 Å². The number of carbonyl (C=O) groups is 4. The number of thiazole rings is 1. The third kappa shape index (κ3) is 6.79. The second-order valence-corrected chi connectivity index (χ2v) is 10.5. The van der Waals surface area contributed by atoms with Crippen molar-refractivity contribution in [2.24, 2.45) is 12.0 Å². The highest BCUT2D eigenvalue weighted by Crippen LogP contribution is 2.34. The van der Waals surface area contributed by atoms with Gasteiger partial charge in [0.25, 0.3) is 5.91 Å². The number of benzene rings is 1. The van der Waals surface area contributed by atoms with Crippen molar-refractivity contribution in [1.29, 1.82) is 0 Å². The van der Waals surface area contributed by atoms with Gasteiger partial charge in [0.2, 0.25) is 5.91 Å². The lowest BCUT2D eigenvalue weighted by Gasteiger charge is -2.06. The highest BCUT2D eigenvalue weighted by atomic mass is 32.2. The summed E-state index contributed by atoms with van der Waals surface area (Å²) in [6, 6.07) is 5.62. The smallest absolute Gasteiger partial charge is 0.348 e. The second-order valence-electron chi connectivity index (χ2n) is 7.53. The van der Waals surface area contributed by atoms with Crippen LogP contribution >= 0.6 is 34.4 Å². The van der Waals surface area contributed by atoms with E-state index in [-0.39, 0.29) is 46.1 Å². The fourth-order valence-electron chi connectivity index (χ4n) is 3.32. The molecule has 1 aromatic carbocycles. The maximum Gasteiger partial charge on any atom is 0.348 e. The van der Waals surface area contributed by atoms with E-state index in [4.69, 9.17) is 14.2 Å². The van der Waals surface area contributed by atoms with E-state index in [1.807, 2.05) is 29.8 Å². The molecule has 0 bridgehead atoms. The molecule has 0 aliphatic heterocycles. The Bertz CT molecular complexity index is 1400. The molecule has 198 valence electrons. The van der Waals surface area contributed by atoms with Gasteiger partial charge in [0.05, 0.1) is 47.6 Å². The minimum Gasteiger partial charge on any atom is -0.497 e. The number of carbonyl (C=O) groups excluding carboxylic acids is 4. The van der Waals surface area contributed by atoms with Crippen LogP contribution in [0, 0.1) is 6.92 Å². The van der Waals surface area contributed by atoms with Gasteiger partial charge in [-0.1, -0.05) is 11.3 Å². The largest absolute Gasteiger partial charge is 0.497 e. The summed E-state index contributed by atoms with van der Waals surface area (Å²) in [7, 11) is 3.42. The molecule has 0 atom stereocenters. The Labute approximate surface area is 225 Å². The number of esters is 2. The van der Waals surface area contributed by atoms with E-state index in [0.717, 1.165) is 39.1 Å². The summed E-state index contributed by atoms with van der Waals surface area (Å²) >= 11 is 3.41. The Balaban J connectivity index is 1.67. The maximum atomic E-state index is 12.6. The van der Waals surface area contributed by atoms with Crippen LogP contribution in [-0.2, 0) is 26.1 Å². The van der Waals surface area contributed by atoms with Crippen LogP contribution < -0.4 is 14.9 Å². The molecular formula is C24H27N3O7S3. The van der Waals surface area contributed by atoms with Gasteiger partial charge in [-0.3, -0.25) is 9.59 Å². The molecule has 3 rings (SSSR count). The topological polar surface area (TPSA) is 125 Å². The molecule has 0 aliphatic carbocycles. The van der Waals surface area contributed by atoms with Crippen LogP contribution in [0.3, 0.4) is 0 Å². The Kier molecular flexibility index (Phi) is 9.89. The SMILES string of the molecule is CCOC(=O)c1sc(NC(=O)CSCC(=O)N=c2sc3cc(OC)ccc3n2C)c(C(=O)OCC)c1C. The van der Waals surface area contributed by atoms with Crippen molar-refractivity contribution in [2.45, 2.75) is 20.8 Å². The number of fused-ring (bicyclic) bond motifs is 1. The minimum absolute atomic E-state index is 0.00668. The lowest BCUT2D eigenvalue weighted by Crippen LogP contribution is -2.18. The number of ether oxygens (including phenoxy) is 3. The molecule has 2 heterocycles. The van der Waals surface area contributed by atoms with Gasteiger partial charge in [0, 0.05) is 7.05 Å². The first-order valence-corrected chi connectivity index (χ1v) is 14.0. The zero-order chi connectivity index (χ0) is 27.1. The van der Waals surface area contributed by atoms with Gasteiger partial charge in [0.1, 0.15) is 15.6 Å². The minimum atomic E-state index is -0.641. The van der Waals surface area contributed by atoms with E-state index < -0.39 is 17.8 Å². The molecule has 3 aromatic rings. The van der Waals surface area contributed by atoms with Crippen molar-refractivity contribution in [2.75, 3.05) is 37.1 Å². The molecule has 37 heavy (non-hydrogen) atoms. The number of anilines is 1. The highest BCUT2D eigenvalue weighted by molar-refractivity contribution is 8.00. The molecule has 0 fully saturated rings. The molecular weight excluding hydrogens is 538 g/mol. The number of thioether (sulfide) groups is 1. The molecule has 0 saturated heterocycles. The van der Waals surface area contributed by atoms with Crippen LogP contribution in [0.2, 0.25) is 0 Å². The number of nitrogens with zero attached hydrogens (tertiary/aromatic N) is 2. The van der Waals surface area contributed by atoms with E-state index >= 15 is 0 Å². The first-order valence-electron chi connectivity index (χ1n) is 11.3. The Morgan fingerprint density at radius 2 is 1.76 bits per heavy atom. The number of nitrogens with one attached hydrogen (secondary N) is 1. The third-order valence-corrected chi connectivity index (χ3v) is 8.23. The number of amides is 2. The number of aromatic nitrogens is 1. The van der Waals surface area contributed by atoms with Crippen molar-refractivity contribution in [3.05, 3.63) is 39.0 Å². The molecule has 0 radical (unpaired) electrons. The fraction of sp³-hybridized carbons (Fsp3) is 0.375. The van der Waals surface area contributed by atoms with Gasteiger partial charge in [0.15, 0.2) is 4.80 Å². The number of methoxy groups -OCH3 is 1. The summed E-state index contributed by atoms with van der Waals surface area (Å²) in [4.78, 5) is 54.7. The Hall–Kier alpha value is -3.16. The summed E-state index contributed by atoms with van der Waals surface area (Å²) in [5.74, 6) is -1.37. The molecule has 0 spiro atoms. The van der Waals surface area contributed by atoms with Crippen LogP contribution in [0.15, 0.2) is 23.2 Å². The van der Waals surface area contributed by atoms with Crippen LogP contribution in [0.5, 0.6) is 5.75 Å². The van der Waals surface area contributed by atoms with E-state index in [0.29, 0.717) is 10.4 Å². The van der Waals surface area contributed by atoms with Crippen LogP contribution in [0.4, 0.5) is 5.00 Å². The number of rotatable bonds is 10. The average molecular weight is 566 g/mol. The molecule has 0 saturated carbocycles. The molecule has 10 nitrogen and oxygen atoms in total. The van der Waals surface area contributed by atoms with Crippen molar-refractivity contribution in [1.82, 2.24) is 4.57 Å². The number of hydrogen-bond donors (Lipinski definition) is 1. The van der Waals surface area contributed by atoms with Gasteiger partial charge in [-0.15, -0.1) is 23.1 Å². The molecule has 2 amide bonds. The summed E-state index contributed by atoms with van der Waals surface area (Å²) in [6.45, 7) is 5.26.